The van der Waals surface area contributed by atoms with E-state index in [-0.39, 0.29) is 34.1 Å². The molecule has 1 amide bonds. The average Bonchev–Trinajstić information content (AvgIpc) is 3.43. The number of hydrogen-bond donors (Lipinski definition) is 1. The summed E-state index contributed by atoms with van der Waals surface area (Å²) < 4.78 is 10.8. The molecule has 0 saturated carbocycles. The van der Waals surface area contributed by atoms with Crippen molar-refractivity contribution in [3.05, 3.63) is 94.0 Å². The molecular weight excluding hydrogens is 516 g/mol. The lowest BCUT2D eigenvalue weighted by atomic mass is 9.94. The van der Waals surface area contributed by atoms with Crippen LogP contribution < -0.4 is 9.64 Å². The third kappa shape index (κ3) is 5.63. The van der Waals surface area contributed by atoms with E-state index < -0.39 is 23.7 Å². The third-order valence-corrected chi connectivity index (χ3v) is 7.29. The number of Topliss-reactive ketones (excluding diaryl/α,β-unsaturated/α-hetero) is 1. The van der Waals surface area contributed by atoms with Crippen molar-refractivity contribution < 1.29 is 29.0 Å². The number of ketones is 1. The monoisotopic (exact) mass is 546 g/mol. The highest BCUT2D eigenvalue weighted by atomic mass is 32.1. The topological polar surface area (TPSA) is 106 Å². The molecule has 1 saturated heterocycles. The van der Waals surface area contributed by atoms with Gasteiger partial charge in [-0.15, -0.1) is 0 Å². The van der Waals surface area contributed by atoms with E-state index in [9.17, 15) is 19.5 Å². The summed E-state index contributed by atoms with van der Waals surface area (Å²) in [6, 6.07) is 13.2. The Kier molecular flexibility index (Phi) is 8.30. The largest absolute Gasteiger partial charge is 0.507 e. The van der Waals surface area contributed by atoms with E-state index in [1.807, 2.05) is 45.0 Å². The molecule has 1 fully saturated rings. The first kappa shape index (κ1) is 27.8. The first-order chi connectivity index (χ1) is 18.7. The van der Waals surface area contributed by atoms with Crippen molar-refractivity contribution in [3.63, 3.8) is 0 Å². The first-order valence-corrected chi connectivity index (χ1v) is 13.4. The summed E-state index contributed by atoms with van der Waals surface area (Å²) in [6.07, 6.45) is 2.24. The number of hydrogen-bond acceptors (Lipinski definition) is 8. The van der Waals surface area contributed by atoms with Gasteiger partial charge in [-0.05, 0) is 62.6 Å². The van der Waals surface area contributed by atoms with E-state index in [1.165, 1.54) is 11.0 Å². The SMILES string of the molecule is C=CCOC(=O)c1sc(N2C(=O)C(=O)/C(=C(/O)c3ccc(OC(C)C)cc3)C2c2ccc(CC)cc2)nc1C. The summed E-state index contributed by atoms with van der Waals surface area (Å²) in [5.41, 5.74) is 2.37. The van der Waals surface area contributed by atoms with Crippen molar-refractivity contribution in [1.29, 1.82) is 0 Å². The third-order valence-electron chi connectivity index (χ3n) is 6.16. The zero-order valence-corrected chi connectivity index (χ0v) is 23.1. The van der Waals surface area contributed by atoms with Crippen molar-refractivity contribution in [2.24, 2.45) is 0 Å². The minimum absolute atomic E-state index is 0.0263. The fourth-order valence-electron chi connectivity index (χ4n) is 4.27. The van der Waals surface area contributed by atoms with Crippen LogP contribution in [0.5, 0.6) is 5.75 Å². The van der Waals surface area contributed by atoms with E-state index in [1.54, 1.807) is 31.2 Å². The lowest BCUT2D eigenvalue weighted by Gasteiger charge is -2.23. The van der Waals surface area contributed by atoms with Gasteiger partial charge in [0, 0.05) is 5.56 Å². The van der Waals surface area contributed by atoms with E-state index in [0.29, 0.717) is 22.6 Å². The molecule has 0 bridgehead atoms. The van der Waals surface area contributed by atoms with Crippen molar-refractivity contribution >= 4 is 39.9 Å². The lowest BCUT2D eigenvalue weighted by Crippen LogP contribution is -2.29. The van der Waals surface area contributed by atoms with Crippen LogP contribution in [0.25, 0.3) is 5.76 Å². The number of rotatable bonds is 9. The number of aliphatic hydroxyl groups excluding tert-OH is 1. The van der Waals surface area contributed by atoms with Crippen LogP contribution >= 0.6 is 11.3 Å². The zero-order valence-electron chi connectivity index (χ0n) is 22.3. The van der Waals surface area contributed by atoms with Crippen LogP contribution in [0.15, 0.2) is 66.8 Å². The number of aliphatic hydroxyl groups is 1. The van der Waals surface area contributed by atoms with Gasteiger partial charge in [0.1, 0.15) is 23.0 Å². The molecule has 1 N–H and O–H groups in total. The maximum Gasteiger partial charge on any atom is 0.350 e. The number of aryl methyl sites for hydroxylation is 2. The molecule has 1 aromatic heterocycles. The van der Waals surface area contributed by atoms with Crippen LogP contribution in [0.2, 0.25) is 0 Å². The van der Waals surface area contributed by atoms with E-state index in [0.717, 1.165) is 23.3 Å². The van der Waals surface area contributed by atoms with Gasteiger partial charge in [-0.2, -0.15) is 0 Å². The van der Waals surface area contributed by atoms with Gasteiger partial charge in [0.15, 0.2) is 5.13 Å². The molecule has 0 spiro atoms. The van der Waals surface area contributed by atoms with Crippen LogP contribution in [0.1, 0.15) is 58.9 Å². The van der Waals surface area contributed by atoms with Gasteiger partial charge in [0.25, 0.3) is 5.78 Å². The van der Waals surface area contributed by atoms with Crippen LogP contribution in [-0.2, 0) is 20.7 Å². The molecule has 1 unspecified atom stereocenters. The van der Waals surface area contributed by atoms with Gasteiger partial charge in [-0.3, -0.25) is 14.5 Å². The van der Waals surface area contributed by atoms with Crippen LogP contribution in [0, 0.1) is 6.92 Å². The van der Waals surface area contributed by atoms with E-state index >= 15 is 0 Å². The molecular formula is C30H30N2O6S. The second kappa shape index (κ2) is 11.7. The summed E-state index contributed by atoms with van der Waals surface area (Å²) in [5, 5.41) is 11.5. The molecule has 2 heterocycles. The van der Waals surface area contributed by atoms with Gasteiger partial charge in [-0.1, -0.05) is 55.2 Å². The molecule has 0 radical (unpaired) electrons. The Bertz CT molecular complexity index is 1440. The number of aromatic nitrogens is 1. The van der Waals surface area contributed by atoms with Gasteiger partial charge >= 0.3 is 11.9 Å². The Hall–Kier alpha value is -4.24. The molecule has 4 rings (SSSR count). The number of anilines is 1. The van der Waals surface area contributed by atoms with E-state index in [4.69, 9.17) is 9.47 Å². The van der Waals surface area contributed by atoms with Gasteiger partial charge in [-0.25, -0.2) is 9.78 Å². The lowest BCUT2D eigenvalue weighted by molar-refractivity contribution is -0.132. The number of benzene rings is 2. The average molecular weight is 547 g/mol. The number of nitrogens with zero attached hydrogens (tertiary/aromatic N) is 2. The predicted octanol–water partition coefficient (Wildman–Crippen LogP) is 5.77. The quantitative estimate of drug-likeness (QED) is 0.119. The molecule has 1 aliphatic heterocycles. The molecule has 3 aromatic rings. The Balaban J connectivity index is 1.84. The van der Waals surface area contributed by atoms with Gasteiger partial charge < -0.3 is 14.6 Å². The van der Waals surface area contributed by atoms with Crippen molar-refractivity contribution in [1.82, 2.24) is 4.98 Å². The first-order valence-electron chi connectivity index (χ1n) is 12.6. The Morgan fingerprint density at radius 3 is 2.41 bits per heavy atom. The molecule has 2 aromatic carbocycles. The highest BCUT2D eigenvalue weighted by molar-refractivity contribution is 7.17. The maximum absolute atomic E-state index is 13.4. The Labute approximate surface area is 231 Å². The summed E-state index contributed by atoms with van der Waals surface area (Å²) in [7, 11) is 0. The highest BCUT2D eigenvalue weighted by Crippen LogP contribution is 2.44. The van der Waals surface area contributed by atoms with E-state index in [2.05, 4.69) is 11.6 Å². The number of carbonyl (C=O) groups is 3. The Morgan fingerprint density at radius 1 is 1.15 bits per heavy atom. The number of thiazole rings is 1. The fraction of sp³-hybridized carbons (Fsp3) is 0.267. The summed E-state index contributed by atoms with van der Waals surface area (Å²) >= 11 is 0.956. The van der Waals surface area contributed by atoms with Crippen molar-refractivity contribution in [2.75, 3.05) is 11.5 Å². The molecule has 9 heteroatoms. The minimum atomic E-state index is -0.954. The van der Waals surface area contributed by atoms with Crippen molar-refractivity contribution in [2.45, 2.75) is 46.3 Å². The number of carbonyl (C=O) groups excluding carboxylic acids is 3. The molecule has 39 heavy (non-hydrogen) atoms. The van der Waals surface area contributed by atoms with Crippen LogP contribution in [-0.4, -0.2) is 40.5 Å². The molecule has 8 nitrogen and oxygen atoms in total. The number of amides is 1. The fourth-order valence-corrected chi connectivity index (χ4v) is 5.26. The molecule has 1 atom stereocenters. The smallest absolute Gasteiger partial charge is 0.350 e. The van der Waals surface area contributed by atoms with Crippen molar-refractivity contribution in [3.8, 4) is 5.75 Å². The normalized spacial score (nSPS) is 16.5. The van der Waals surface area contributed by atoms with Gasteiger partial charge in [0.05, 0.1) is 23.4 Å². The Morgan fingerprint density at radius 2 is 1.82 bits per heavy atom. The van der Waals surface area contributed by atoms with Crippen LogP contribution in [0.3, 0.4) is 0 Å². The second-order valence-corrected chi connectivity index (χ2v) is 10.2. The molecule has 202 valence electrons. The summed E-state index contributed by atoms with van der Waals surface area (Å²) in [4.78, 5) is 45.3. The molecule has 1 aliphatic rings. The standard InChI is InChI=1S/C30H30N2O6S/c1-6-16-37-29(36)27-18(5)31-30(39-27)32-24(20-10-8-19(7-2)9-11-20)23(26(34)28(32)35)25(33)21-12-14-22(15-13-21)38-17(3)4/h6,8-15,17,24,33H,1,7,16H2,2-5H3/b25-23+. The second-order valence-electron chi connectivity index (χ2n) is 9.25. The summed E-state index contributed by atoms with van der Waals surface area (Å²) in [6.45, 7) is 11.0. The minimum Gasteiger partial charge on any atom is -0.507 e. The summed E-state index contributed by atoms with van der Waals surface area (Å²) in [5.74, 6) is -1.98. The molecule has 0 aliphatic carbocycles. The zero-order chi connectivity index (χ0) is 28.3. The maximum atomic E-state index is 13.4. The number of ether oxygens (including phenoxy) is 2. The predicted molar refractivity (Wildman–Crippen MR) is 150 cm³/mol. The number of esters is 1. The van der Waals surface area contributed by atoms with Crippen LogP contribution in [0.4, 0.5) is 5.13 Å². The highest BCUT2D eigenvalue weighted by Gasteiger charge is 2.48. The van der Waals surface area contributed by atoms with Gasteiger partial charge in [0.2, 0.25) is 0 Å².